The number of carbonyl (C=O) groups excluding carboxylic acids is 1. The van der Waals surface area contributed by atoms with Crippen molar-refractivity contribution in [1.82, 2.24) is 24.9 Å². The Morgan fingerprint density at radius 3 is 2.81 bits per heavy atom. The standard InChI is InChI=1S/C21H19ClN6O3S/c22-19-7-6-18(32-19)21(31)24-12-14-13-28(26-25-14)17-5-4-15(11-16(17)23-8-10-29)27-9-2-1-3-20(27)30/h1-7,9,11,13,23,29H,8,10,12H2,(H,24,31). The molecule has 32 heavy (non-hydrogen) atoms. The number of carbonyl (C=O) groups is 1. The fourth-order valence-electron chi connectivity index (χ4n) is 3.04. The number of anilines is 1. The normalized spacial score (nSPS) is 10.8. The third-order valence-corrected chi connectivity index (χ3v) is 5.75. The molecule has 0 saturated heterocycles. The van der Waals surface area contributed by atoms with Gasteiger partial charge in [-0.2, -0.15) is 0 Å². The Morgan fingerprint density at radius 1 is 1.19 bits per heavy atom. The maximum atomic E-state index is 12.2. The topological polar surface area (TPSA) is 114 Å². The van der Waals surface area contributed by atoms with Crippen LogP contribution in [0, 0.1) is 0 Å². The molecule has 9 nitrogen and oxygen atoms in total. The predicted octanol–water partition coefficient (Wildman–Crippen LogP) is 2.47. The van der Waals surface area contributed by atoms with Crippen LogP contribution in [-0.2, 0) is 6.54 Å². The van der Waals surface area contributed by atoms with Crippen molar-refractivity contribution in [2.45, 2.75) is 6.54 Å². The van der Waals surface area contributed by atoms with Gasteiger partial charge in [-0.1, -0.05) is 22.9 Å². The Bertz CT molecular complexity index is 1300. The Hall–Kier alpha value is -3.47. The zero-order valence-corrected chi connectivity index (χ0v) is 18.3. The van der Waals surface area contributed by atoms with E-state index < -0.39 is 0 Å². The molecule has 3 heterocycles. The van der Waals surface area contributed by atoms with Crippen LogP contribution in [0.5, 0.6) is 0 Å². The van der Waals surface area contributed by atoms with Gasteiger partial charge in [-0.15, -0.1) is 16.4 Å². The van der Waals surface area contributed by atoms with E-state index in [-0.39, 0.29) is 24.6 Å². The first-order chi connectivity index (χ1) is 15.5. The van der Waals surface area contributed by atoms with E-state index >= 15 is 0 Å². The van der Waals surface area contributed by atoms with Crippen molar-refractivity contribution < 1.29 is 9.90 Å². The van der Waals surface area contributed by atoms with Crippen molar-refractivity contribution >= 4 is 34.5 Å². The molecule has 0 fully saturated rings. The van der Waals surface area contributed by atoms with Gasteiger partial charge in [0.2, 0.25) is 0 Å². The number of thiophene rings is 1. The van der Waals surface area contributed by atoms with E-state index in [4.69, 9.17) is 11.6 Å². The number of nitrogens with one attached hydrogen (secondary N) is 2. The van der Waals surface area contributed by atoms with Crippen LogP contribution >= 0.6 is 22.9 Å². The molecule has 4 rings (SSSR count). The molecule has 11 heteroatoms. The monoisotopic (exact) mass is 470 g/mol. The van der Waals surface area contributed by atoms with Crippen molar-refractivity contribution in [3.63, 3.8) is 0 Å². The second-order valence-corrected chi connectivity index (χ2v) is 8.42. The lowest BCUT2D eigenvalue weighted by Gasteiger charge is -2.14. The first kappa shape index (κ1) is 21.8. The summed E-state index contributed by atoms with van der Waals surface area (Å²) in [4.78, 5) is 24.9. The zero-order valence-electron chi connectivity index (χ0n) is 16.7. The van der Waals surface area contributed by atoms with E-state index in [2.05, 4.69) is 20.9 Å². The molecule has 164 valence electrons. The number of amides is 1. The Kier molecular flexibility index (Phi) is 6.64. The molecule has 0 unspecified atom stereocenters. The maximum Gasteiger partial charge on any atom is 0.261 e. The number of pyridine rings is 1. The Morgan fingerprint density at radius 2 is 2.06 bits per heavy atom. The van der Waals surface area contributed by atoms with Crippen LogP contribution in [0.25, 0.3) is 11.4 Å². The zero-order chi connectivity index (χ0) is 22.5. The van der Waals surface area contributed by atoms with Crippen molar-refractivity contribution in [2.24, 2.45) is 0 Å². The van der Waals surface area contributed by atoms with Gasteiger partial charge in [0.05, 0.1) is 45.6 Å². The molecule has 0 aliphatic rings. The van der Waals surface area contributed by atoms with Crippen LogP contribution in [0.2, 0.25) is 4.34 Å². The predicted molar refractivity (Wildman–Crippen MR) is 123 cm³/mol. The molecule has 0 aliphatic carbocycles. The van der Waals surface area contributed by atoms with Crippen LogP contribution in [0.15, 0.2) is 65.7 Å². The second kappa shape index (κ2) is 9.77. The number of aromatic nitrogens is 4. The molecule has 3 aromatic heterocycles. The average molecular weight is 471 g/mol. The highest BCUT2D eigenvalue weighted by Crippen LogP contribution is 2.24. The van der Waals surface area contributed by atoms with Crippen molar-refractivity contribution in [1.29, 1.82) is 0 Å². The fraction of sp³-hybridized carbons (Fsp3) is 0.143. The fourth-order valence-corrected chi connectivity index (χ4v) is 4.00. The highest BCUT2D eigenvalue weighted by atomic mass is 35.5. The number of aliphatic hydroxyl groups excluding tert-OH is 1. The summed E-state index contributed by atoms with van der Waals surface area (Å²) < 4.78 is 3.64. The molecule has 0 aliphatic heterocycles. The van der Waals surface area contributed by atoms with Gasteiger partial charge in [0.15, 0.2) is 0 Å². The maximum absolute atomic E-state index is 12.2. The molecule has 4 aromatic rings. The summed E-state index contributed by atoms with van der Waals surface area (Å²) in [7, 11) is 0. The second-order valence-electron chi connectivity index (χ2n) is 6.70. The summed E-state index contributed by atoms with van der Waals surface area (Å²) in [5.41, 5.74) is 2.43. The van der Waals surface area contributed by atoms with Gasteiger partial charge in [0.1, 0.15) is 5.69 Å². The van der Waals surface area contributed by atoms with Gasteiger partial charge in [0, 0.05) is 18.8 Å². The van der Waals surface area contributed by atoms with Crippen LogP contribution < -0.4 is 16.2 Å². The number of halogens is 1. The molecule has 0 saturated carbocycles. The van der Waals surface area contributed by atoms with E-state index in [0.29, 0.717) is 38.5 Å². The first-order valence-corrected chi connectivity index (χ1v) is 10.9. The summed E-state index contributed by atoms with van der Waals surface area (Å²) in [6.45, 7) is 0.461. The van der Waals surface area contributed by atoms with E-state index in [1.54, 1.807) is 59.5 Å². The third kappa shape index (κ3) is 4.88. The van der Waals surface area contributed by atoms with Crippen molar-refractivity contribution in [2.75, 3.05) is 18.5 Å². The minimum absolute atomic E-state index is 0.0592. The smallest absolute Gasteiger partial charge is 0.261 e. The molecule has 3 N–H and O–H groups in total. The lowest BCUT2D eigenvalue weighted by Crippen LogP contribution is -2.21. The lowest BCUT2D eigenvalue weighted by atomic mass is 10.2. The minimum Gasteiger partial charge on any atom is -0.395 e. The first-order valence-electron chi connectivity index (χ1n) is 9.67. The molecule has 1 aromatic carbocycles. The summed E-state index contributed by atoms with van der Waals surface area (Å²) >= 11 is 7.08. The lowest BCUT2D eigenvalue weighted by molar-refractivity contribution is 0.0954. The van der Waals surface area contributed by atoms with E-state index in [1.807, 2.05) is 0 Å². The number of rotatable bonds is 8. The van der Waals surface area contributed by atoms with E-state index in [0.717, 1.165) is 0 Å². The molecule has 0 radical (unpaired) electrons. The summed E-state index contributed by atoms with van der Waals surface area (Å²) in [6.07, 6.45) is 3.39. The molecule has 0 bridgehead atoms. The minimum atomic E-state index is -0.237. The van der Waals surface area contributed by atoms with Crippen LogP contribution in [-0.4, -0.2) is 43.7 Å². The Labute approximate surface area is 191 Å². The number of aliphatic hydroxyl groups is 1. The molecule has 1 amide bonds. The highest BCUT2D eigenvalue weighted by Gasteiger charge is 2.12. The third-order valence-electron chi connectivity index (χ3n) is 4.52. The van der Waals surface area contributed by atoms with Crippen molar-refractivity contribution in [3.8, 4) is 11.4 Å². The van der Waals surface area contributed by atoms with Gasteiger partial charge in [-0.25, -0.2) is 4.68 Å². The van der Waals surface area contributed by atoms with Crippen LogP contribution in [0.1, 0.15) is 15.4 Å². The number of nitrogens with zero attached hydrogens (tertiary/aromatic N) is 4. The van der Waals surface area contributed by atoms with Crippen LogP contribution in [0.4, 0.5) is 5.69 Å². The number of benzene rings is 1. The molecular weight excluding hydrogens is 452 g/mol. The van der Waals surface area contributed by atoms with Gasteiger partial charge in [-0.05, 0) is 36.4 Å². The van der Waals surface area contributed by atoms with Gasteiger partial charge in [0.25, 0.3) is 11.5 Å². The summed E-state index contributed by atoms with van der Waals surface area (Å²) in [5, 5.41) is 23.4. The molecular formula is C21H19ClN6O3S. The van der Waals surface area contributed by atoms with E-state index in [9.17, 15) is 14.7 Å². The van der Waals surface area contributed by atoms with Gasteiger partial charge < -0.3 is 15.7 Å². The number of hydrogen-bond donors (Lipinski definition) is 3. The number of hydrogen-bond acceptors (Lipinski definition) is 7. The van der Waals surface area contributed by atoms with Gasteiger partial charge >= 0.3 is 0 Å². The van der Waals surface area contributed by atoms with Gasteiger partial charge in [-0.3, -0.25) is 14.2 Å². The quantitative estimate of drug-likeness (QED) is 0.364. The summed E-state index contributed by atoms with van der Waals surface area (Å²) in [5.74, 6) is -0.237. The average Bonchev–Trinajstić information content (AvgIpc) is 3.45. The largest absolute Gasteiger partial charge is 0.395 e. The molecule has 0 atom stereocenters. The SMILES string of the molecule is O=C(NCc1cn(-c2ccc(-n3ccccc3=O)cc2NCCO)nn1)c1ccc(Cl)s1. The van der Waals surface area contributed by atoms with Crippen LogP contribution in [0.3, 0.4) is 0 Å². The highest BCUT2D eigenvalue weighted by molar-refractivity contribution is 7.17. The van der Waals surface area contributed by atoms with E-state index in [1.165, 1.54) is 22.0 Å². The summed E-state index contributed by atoms with van der Waals surface area (Å²) in [6, 6.07) is 13.7. The van der Waals surface area contributed by atoms with Crippen molar-refractivity contribution in [3.05, 3.63) is 86.2 Å². The Balaban J connectivity index is 1.56. The molecule has 0 spiro atoms.